The van der Waals surface area contributed by atoms with Gasteiger partial charge in [-0.2, -0.15) is 0 Å². The highest BCUT2D eigenvalue weighted by molar-refractivity contribution is 5.72. The number of anilines is 1. The molecule has 1 heterocycles. The van der Waals surface area contributed by atoms with Crippen LogP contribution in [0.3, 0.4) is 0 Å². The van der Waals surface area contributed by atoms with Crippen molar-refractivity contribution in [3.8, 4) is 22.8 Å². The van der Waals surface area contributed by atoms with Crippen molar-refractivity contribution in [1.29, 1.82) is 0 Å². The van der Waals surface area contributed by atoms with Gasteiger partial charge in [0.05, 0.1) is 19.9 Å². The molecule has 2 aliphatic rings. The second-order valence-corrected chi connectivity index (χ2v) is 8.32. The predicted octanol–water partition coefficient (Wildman–Crippen LogP) is 5.13. The van der Waals surface area contributed by atoms with E-state index < -0.39 is 0 Å². The van der Waals surface area contributed by atoms with Gasteiger partial charge < -0.3 is 14.4 Å². The lowest BCUT2D eigenvalue weighted by Crippen LogP contribution is -2.40. The number of aryl methyl sites for hydroxylation is 1. The Morgan fingerprint density at radius 3 is 2.34 bits per heavy atom. The van der Waals surface area contributed by atoms with Crippen LogP contribution < -0.4 is 14.4 Å². The third-order valence-corrected chi connectivity index (χ3v) is 6.19. The summed E-state index contributed by atoms with van der Waals surface area (Å²) in [4.78, 5) is 12.5. The quantitative estimate of drug-likeness (QED) is 0.558. The minimum Gasteiger partial charge on any atom is -0.497 e. The number of ether oxygens (including phenoxy) is 2. The van der Waals surface area contributed by atoms with Crippen molar-refractivity contribution in [3.63, 3.8) is 0 Å². The largest absolute Gasteiger partial charge is 0.497 e. The summed E-state index contributed by atoms with van der Waals surface area (Å²) in [5.41, 5.74) is 3.12. The Hall–Kier alpha value is -2.30. The van der Waals surface area contributed by atoms with Crippen molar-refractivity contribution < 1.29 is 9.47 Å². The molecular formula is C24H33N3O2. The van der Waals surface area contributed by atoms with Gasteiger partial charge in [-0.25, -0.2) is 9.97 Å². The zero-order valence-corrected chi connectivity index (χ0v) is 18.1. The molecule has 1 aromatic heterocycles. The first-order valence-electron chi connectivity index (χ1n) is 11.0. The number of hydrogen-bond donors (Lipinski definition) is 0. The first kappa shape index (κ1) is 20.0. The highest BCUT2D eigenvalue weighted by Crippen LogP contribution is 2.48. The van der Waals surface area contributed by atoms with Gasteiger partial charge in [0.15, 0.2) is 0 Å². The average Bonchev–Trinajstić information content (AvgIpc) is 3.67. The van der Waals surface area contributed by atoms with Crippen molar-refractivity contribution in [2.75, 3.05) is 25.7 Å². The van der Waals surface area contributed by atoms with Crippen molar-refractivity contribution in [2.24, 2.45) is 11.8 Å². The maximum absolute atomic E-state index is 5.68. The summed E-state index contributed by atoms with van der Waals surface area (Å²) < 4.78 is 11.1. The Morgan fingerprint density at radius 1 is 1.07 bits per heavy atom. The smallest absolute Gasteiger partial charge is 0.226 e. The van der Waals surface area contributed by atoms with Crippen LogP contribution in [-0.2, 0) is 6.42 Å². The highest BCUT2D eigenvalue weighted by Gasteiger charge is 2.45. The Balaban J connectivity index is 1.76. The van der Waals surface area contributed by atoms with Crippen LogP contribution in [-0.4, -0.2) is 36.8 Å². The number of nitrogens with zero attached hydrogens (tertiary/aromatic N) is 3. The fourth-order valence-electron chi connectivity index (χ4n) is 4.41. The molecule has 29 heavy (non-hydrogen) atoms. The first-order chi connectivity index (χ1) is 14.2. The van der Waals surface area contributed by atoms with Crippen LogP contribution in [0.4, 0.5) is 5.95 Å². The summed E-state index contributed by atoms with van der Waals surface area (Å²) in [6.45, 7) is 5.42. The Kier molecular flexibility index (Phi) is 5.93. The summed E-state index contributed by atoms with van der Waals surface area (Å²) in [5, 5.41) is 0. The molecule has 156 valence electrons. The molecule has 4 rings (SSSR count). The molecule has 2 aliphatic carbocycles. The Bertz CT molecular complexity index is 834. The summed E-state index contributed by atoms with van der Waals surface area (Å²) in [6.07, 6.45) is 9.42. The van der Waals surface area contributed by atoms with Crippen LogP contribution in [0.2, 0.25) is 0 Å². The maximum Gasteiger partial charge on any atom is 0.226 e. The van der Waals surface area contributed by atoms with Crippen LogP contribution >= 0.6 is 0 Å². The van der Waals surface area contributed by atoms with Crippen molar-refractivity contribution in [3.05, 3.63) is 30.0 Å². The van der Waals surface area contributed by atoms with Gasteiger partial charge in [0.1, 0.15) is 11.5 Å². The third-order valence-electron chi connectivity index (χ3n) is 6.19. The van der Waals surface area contributed by atoms with Gasteiger partial charge in [0.2, 0.25) is 5.95 Å². The fourth-order valence-corrected chi connectivity index (χ4v) is 4.41. The van der Waals surface area contributed by atoms with E-state index in [1.807, 2.05) is 24.4 Å². The molecule has 0 N–H and O–H groups in total. The van der Waals surface area contributed by atoms with Crippen molar-refractivity contribution in [2.45, 2.75) is 58.4 Å². The van der Waals surface area contributed by atoms with E-state index in [4.69, 9.17) is 19.4 Å². The number of hydrogen-bond acceptors (Lipinski definition) is 5. The summed E-state index contributed by atoms with van der Waals surface area (Å²) in [7, 11) is 3.37. The number of rotatable bonds is 10. The Labute approximate surface area is 174 Å². The highest BCUT2D eigenvalue weighted by atomic mass is 16.5. The van der Waals surface area contributed by atoms with E-state index >= 15 is 0 Å². The van der Waals surface area contributed by atoms with Crippen LogP contribution in [0.5, 0.6) is 11.5 Å². The number of aromatic nitrogens is 2. The van der Waals surface area contributed by atoms with Crippen LogP contribution in [0.25, 0.3) is 11.3 Å². The molecule has 0 saturated heterocycles. The minimum atomic E-state index is 0.605. The van der Waals surface area contributed by atoms with Gasteiger partial charge in [-0.05, 0) is 68.1 Å². The average molecular weight is 396 g/mol. The van der Waals surface area contributed by atoms with Gasteiger partial charge in [-0.1, -0.05) is 13.8 Å². The standard InChI is InChI=1S/C24H33N3O2/c1-5-13-27(23(17-7-8-17)18-9-10-18)24-25-15-16(6-2)22(26-24)20-12-11-19(28-3)14-21(20)29-4/h11-12,14-15,17-18,23H,5-10,13H2,1-4H3. The van der Waals surface area contributed by atoms with Crippen LogP contribution in [0, 0.1) is 11.8 Å². The first-order valence-corrected chi connectivity index (χ1v) is 11.0. The summed E-state index contributed by atoms with van der Waals surface area (Å²) in [6, 6.07) is 6.55. The number of benzene rings is 1. The maximum atomic E-state index is 5.68. The van der Waals surface area contributed by atoms with E-state index in [1.165, 1.54) is 25.7 Å². The van der Waals surface area contributed by atoms with Crippen LogP contribution in [0.15, 0.2) is 24.4 Å². The SMILES string of the molecule is CCCN(c1ncc(CC)c(-c2ccc(OC)cc2OC)n1)C(C1CC1)C1CC1. The molecule has 0 amide bonds. The van der Waals surface area contributed by atoms with Crippen LogP contribution in [0.1, 0.15) is 51.5 Å². The second kappa shape index (κ2) is 8.60. The minimum absolute atomic E-state index is 0.605. The lowest BCUT2D eigenvalue weighted by molar-refractivity contribution is 0.395. The zero-order chi connectivity index (χ0) is 20.4. The van der Waals surface area contributed by atoms with E-state index in [0.717, 1.165) is 65.5 Å². The topological polar surface area (TPSA) is 47.5 Å². The molecule has 1 aromatic carbocycles. The molecule has 0 spiro atoms. The van der Waals surface area contributed by atoms with Crippen molar-refractivity contribution in [1.82, 2.24) is 9.97 Å². The lowest BCUT2D eigenvalue weighted by Gasteiger charge is -2.32. The molecule has 2 fully saturated rings. The normalized spacial score (nSPS) is 16.2. The molecule has 2 saturated carbocycles. The summed E-state index contributed by atoms with van der Waals surface area (Å²) in [5.74, 6) is 4.09. The van der Waals surface area contributed by atoms with Crippen molar-refractivity contribution >= 4 is 5.95 Å². The molecule has 0 radical (unpaired) electrons. The van der Waals surface area contributed by atoms with Gasteiger partial charge in [0, 0.05) is 30.4 Å². The van der Waals surface area contributed by atoms with E-state index in [-0.39, 0.29) is 0 Å². The van der Waals surface area contributed by atoms with E-state index in [9.17, 15) is 0 Å². The monoisotopic (exact) mass is 395 g/mol. The molecule has 2 aromatic rings. The van der Waals surface area contributed by atoms with Gasteiger partial charge in [-0.15, -0.1) is 0 Å². The van der Waals surface area contributed by atoms with E-state index in [1.54, 1.807) is 14.2 Å². The van der Waals surface area contributed by atoms with E-state index in [0.29, 0.717) is 6.04 Å². The molecular weight excluding hydrogens is 362 g/mol. The molecule has 0 atom stereocenters. The van der Waals surface area contributed by atoms with Gasteiger partial charge in [-0.3, -0.25) is 0 Å². The molecule has 0 aliphatic heterocycles. The fraction of sp³-hybridized carbons (Fsp3) is 0.583. The van der Waals surface area contributed by atoms with Gasteiger partial charge >= 0.3 is 0 Å². The molecule has 0 unspecified atom stereocenters. The Morgan fingerprint density at radius 2 is 1.79 bits per heavy atom. The predicted molar refractivity (Wildman–Crippen MR) is 117 cm³/mol. The molecule has 5 nitrogen and oxygen atoms in total. The lowest BCUT2D eigenvalue weighted by atomic mass is 10.0. The third kappa shape index (κ3) is 4.19. The second-order valence-electron chi connectivity index (χ2n) is 8.32. The zero-order valence-electron chi connectivity index (χ0n) is 18.1. The molecule has 5 heteroatoms. The van der Waals surface area contributed by atoms with Gasteiger partial charge in [0.25, 0.3) is 0 Å². The number of methoxy groups -OCH3 is 2. The molecule has 0 bridgehead atoms. The van der Waals surface area contributed by atoms with E-state index in [2.05, 4.69) is 18.7 Å². The summed E-state index contributed by atoms with van der Waals surface area (Å²) >= 11 is 0.